The number of hydrogen-bond donors (Lipinski definition) is 2. The van der Waals surface area contributed by atoms with Gasteiger partial charge in [-0.05, 0) is 25.4 Å². The molecule has 0 radical (unpaired) electrons. The lowest BCUT2D eigenvalue weighted by atomic mass is 9.92. The minimum Gasteiger partial charge on any atom is -0.354 e. The quantitative estimate of drug-likeness (QED) is 0.756. The molecular formula is C12H28ClN3O. The minimum absolute atomic E-state index is 0. The molecule has 0 heterocycles. The van der Waals surface area contributed by atoms with Crippen LogP contribution in [0.5, 0.6) is 0 Å². The van der Waals surface area contributed by atoms with E-state index in [0.29, 0.717) is 6.54 Å². The van der Waals surface area contributed by atoms with Crippen molar-refractivity contribution in [2.24, 2.45) is 17.1 Å². The normalized spacial score (nSPS) is 13.5. The van der Waals surface area contributed by atoms with Gasteiger partial charge in [0.2, 0.25) is 5.91 Å². The lowest BCUT2D eigenvalue weighted by molar-refractivity contribution is -0.123. The molecule has 0 aromatic carbocycles. The zero-order valence-electron chi connectivity index (χ0n) is 11.9. The Morgan fingerprint density at radius 2 is 1.82 bits per heavy atom. The van der Waals surface area contributed by atoms with Crippen LogP contribution < -0.4 is 11.1 Å². The number of rotatable bonds is 6. The van der Waals surface area contributed by atoms with Crippen LogP contribution in [0.1, 0.15) is 27.7 Å². The van der Waals surface area contributed by atoms with Crippen LogP contribution >= 0.6 is 12.4 Å². The third-order valence-corrected chi connectivity index (χ3v) is 2.51. The van der Waals surface area contributed by atoms with Crippen molar-refractivity contribution in [3.63, 3.8) is 0 Å². The van der Waals surface area contributed by atoms with E-state index in [-0.39, 0.29) is 29.6 Å². The van der Waals surface area contributed by atoms with Crippen molar-refractivity contribution in [1.29, 1.82) is 0 Å². The van der Waals surface area contributed by atoms with Gasteiger partial charge in [0.1, 0.15) is 0 Å². The number of nitrogens with one attached hydrogen (secondary N) is 1. The summed E-state index contributed by atoms with van der Waals surface area (Å²) in [6.07, 6.45) is 0. The van der Waals surface area contributed by atoms with E-state index in [1.807, 2.05) is 27.9 Å². The number of nitrogens with zero attached hydrogens (tertiary/aromatic N) is 1. The Morgan fingerprint density at radius 1 is 1.35 bits per heavy atom. The van der Waals surface area contributed by atoms with E-state index < -0.39 is 6.04 Å². The van der Waals surface area contributed by atoms with Gasteiger partial charge >= 0.3 is 0 Å². The average molecular weight is 266 g/mol. The van der Waals surface area contributed by atoms with Crippen molar-refractivity contribution in [1.82, 2.24) is 10.2 Å². The van der Waals surface area contributed by atoms with Gasteiger partial charge in [-0.1, -0.05) is 27.7 Å². The second kappa shape index (κ2) is 7.90. The molecule has 0 aromatic rings. The SMILES string of the molecule is CC(C)[C@H](N)C(=O)NCC(C)(C)CN(C)C.Cl. The highest BCUT2D eigenvalue weighted by atomic mass is 35.5. The highest BCUT2D eigenvalue weighted by molar-refractivity contribution is 5.85. The maximum atomic E-state index is 11.7. The largest absolute Gasteiger partial charge is 0.354 e. The van der Waals surface area contributed by atoms with Gasteiger partial charge in [0.05, 0.1) is 6.04 Å². The summed E-state index contributed by atoms with van der Waals surface area (Å²) in [4.78, 5) is 13.8. The fraction of sp³-hybridized carbons (Fsp3) is 0.917. The summed E-state index contributed by atoms with van der Waals surface area (Å²) in [5.41, 5.74) is 5.83. The van der Waals surface area contributed by atoms with Gasteiger partial charge in [0, 0.05) is 13.1 Å². The van der Waals surface area contributed by atoms with E-state index in [1.54, 1.807) is 0 Å². The zero-order chi connectivity index (χ0) is 12.9. The number of carbonyl (C=O) groups is 1. The van der Waals surface area contributed by atoms with Crippen LogP contribution in [0.15, 0.2) is 0 Å². The third kappa shape index (κ3) is 8.41. The summed E-state index contributed by atoms with van der Waals surface area (Å²) in [6.45, 7) is 9.77. The Hall–Kier alpha value is -0.320. The molecule has 0 saturated heterocycles. The number of carbonyl (C=O) groups excluding carboxylic acids is 1. The first-order valence-corrected chi connectivity index (χ1v) is 5.84. The van der Waals surface area contributed by atoms with Gasteiger partial charge < -0.3 is 16.0 Å². The molecule has 1 amide bonds. The molecule has 0 saturated carbocycles. The molecule has 104 valence electrons. The monoisotopic (exact) mass is 265 g/mol. The van der Waals surface area contributed by atoms with Crippen LogP contribution in [-0.4, -0.2) is 44.0 Å². The van der Waals surface area contributed by atoms with Gasteiger partial charge in [0.25, 0.3) is 0 Å². The molecular weight excluding hydrogens is 238 g/mol. The molecule has 0 spiro atoms. The molecule has 0 fully saturated rings. The average Bonchev–Trinajstić information content (AvgIpc) is 2.10. The summed E-state index contributed by atoms with van der Waals surface area (Å²) in [7, 11) is 4.06. The third-order valence-electron chi connectivity index (χ3n) is 2.51. The minimum atomic E-state index is -0.407. The van der Waals surface area contributed by atoms with Gasteiger partial charge in [-0.15, -0.1) is 12.4 Å². The van der Waals surface area contributed by atoms with Crippen molar-refractivity contribution in [2.45, 2.75) is 33.7 Å². The molecule has 3 N–H and O–H groups in total. The van der Waals surface area contributed by atoms with Gasteiger partial charge in [-0.3, -0.25) is 4.79 Å². The van der Waals surface area contributed by atoms with Crippen molar-refractivity contribution in [3.8, 4) is 0 Å². The van der Waals surface area contributed by atoms with Crippen LogP contribution in [0, 0.1) is 11.3 Å². The Bertz CT molecular complexity index is 230. The lowest BCUT2D eigenvalue weighted by Gasteiger charge is -2.29. The zero-order valence-corrected chi connectivity index (χ0v) is 12.7. The van der Waals surface area contributed by atoms with E-state index in [0.717, 1.165) is 6.54 Å². The number of halogens is 1. The molecule has 0 unspecified atom stereocenters. The first-order chi connectivity index (χ1) is 7.15. The van der Waals surface area contributed by atoms with Crippen molar-refractivity contribution in [2.75, 3.05) is 27.2 Å². The Kier molecular flexibility index (Phi) is 8.84. The number of amides is 1. The van der Waals surface area contributed by atoms with E-state index >= 15 is 0 Å². The fourth-order valence-electron chi connectivity index (χ4n) is 1.66. The van der Waals surface area contributed by atoms with E-state index in [2.05, 4.69) is 24.1 Å². The molecule has 0 aliphatic heterocycles. The number of nitrogens with two attached hydrogens (primary N) is 1. The Morgan fingerprint density at radius 3 is 2.18 bits per heavy atom. The predicted octanol–water partition coefficient (Wildman–Crippen LogP) is 1.10. The maximum absolute atomic E-state index is 11.7. The summed E-state index contributed by atoms with van der Waals surface area (Å²) >= 11 is 0. The predicted molar refractivity (Wildman–Crippen MR) is 75.4 cm³/mol. The summed E-state index contributed by atoms with van der Waals surface area (Å²) in [5.74, 6) is 0.124. The van der Waals surface area contributed by atoms with Crippen LogP contribution in [0.4, 0.5) is 0 Å². The van der Waals surface area contributed by atoms with Gasteiger partial charge in [0.15, 0.2) is 0 Å². The van der Waals surface area contributed by atoms with E-state index in [1.165, 1.54) is 0 Å². The topological polar surface area (TPSA) is 58.4 Å². The molecule has 5 heteroatoms. The summed E-state index contributed by atoms with van der Waals surface area (Å²) in [5, 5.41) is 2.92. The molecule has 17 heavy (non-hydrogen) atoms. The molecule has 0 aliphatic carbocycles. The molecule has 1 atom stereocenters. The number of hydrogen-bond acceptors (Lipinski definition) is 3. The van der Waals surface area contributed by atoms with Crippen molar-refractivity contribution >= 4 is 18.3 Å². The molecule has 0 aliphatic rings. The highest BCUT2D eigenvalue weighted by Crippen LogP contribution is 2.14. The van der Waals surface area contributed by atoms with Gasteiger partial charge in [-0.2, -0.15) is 0 Å². The van der Waals surface area contributed by atoms with Crippen LogP contribution in [0.2, 0.25) is 0 Å². The van der Waals surface area contributed by atoms with E-state index in [4.69, 9.17) is 5.73 Å². The fourth-order valence-corrected chi connectivity index (χ4v) is 1.66. The first-order valence-electron chi connectivity index (χ1n) is 5.84. The summed E-state index contributed by atoms with van der Waals surface area (Å²) < 4.78 is 0. The highest BCUT2D eigenvalue weighted by Gasteiger charge is 2.22. The van der Waals surface area contributed by atoms with Crippen molar-refractivity contribution < 1.29 is 4.79 Å². The van der Waals surface area contributed by atoms with Crippen LogP contribution in [-0.2, 0) is 4.79 Å². The molecule has 4 nitrogen and oxygen atoms in total. The Labute approximate surface area is 112 Å². The Balaban J connectivity index is 0. The summed E-state index contributed by atoms with van der Waals surface area (Å²) in [6, 6.07) is -0.407. The van der Waals surface area contributed by atoms with Gasteiger partial charge in [-0.25, -0.2) is 0 Å². The van der Waals surface area contributed by atoms with Crippen molar-refractivity contribution in [3.05, 3.63) is 0 Å². The van der Waals surface area contributed by atoms with Crippen LogP contribution in [0.3, 0.4) is 0 Å². The smallest absolute Gasteiger partial charge is 0.237 e. The van der Waals surface area contributed by atoms with E-state index in [9.17, 15) is 4.79 Å². The molecule has 0 aromatic heterocycles. The van der Waals surface area contributed by atoms with Crippen LogP contribution in [0.25, 0.3) is 0 Å². The molecule has 0 rings (SSSR count). The lowest BCUT2D eigenvalue weighted by Crippen LogP contribution is -2.48. The standard InChI is InChI=1S/C12H27N3O.ClH/c1-9(2)10(13)11(16)14-7-12(3,4)8-15(5)6;/h9-10H,7-8,13H2,1-6H3,(H,14,16);1H/t10-;/m0./s1. The second-order valence-corrected chi connectivity index (χ2v) is 5.89. The second-order valence-electron chi connectivity index (χ2n) is 5.89. The molecule has 0 bridgehead atoms. The maximum Gasteiger partial charge on any atom is 0.237 e. The first kappa shape index (κ1) is 19.0.